The Hall–Kier alpha value is -1.26. The van der Waals surface area contributed by atoms with Crippen LogP contribution in [-0.2, 0) is 11.2 Å². The number of nitrogens with two attached hydrogens (primary N) is 1. The zero-order valence-electron chi connectivity index (χ0n) is 11.6. The highest BCUT2D eigenvalue weighted by molar-refractivity contribution is 6.32. The van der Waals surface area contributed by atoms with Gasteiger partial charge in [-0.1, -0.05) is 23.7 Å². The van der Waals surface area contributed by atoms with Gasteiger partial charge < -0.3 is 15.4 Å². The third kappa shape index (κ3) is 5.09. The lowest BCUT2D eigenvalue weighted by atomic mass is 10.1. The van der Waals surface area contributed by atoms with Gasteiger partial charge in [-0.05, 0) is 25.0 Å². The molecule has 4 nitrogen and oxygen atoms in total. The molecule has 0 aromatic heterocycles. The van der Waals surface area contributed by atoms with Crippen LogP contribution in [0.1, 0.15) is 18.9 Å². The van der Waals surface area contributed by atoms with Gasteiger partial charge in [0.2, 0.25) is 5.91 Å². The molecular formula is C14H21ClN2O2. The molecule has 0 bridgehead atoms. The topological polar surface area (TPSA) is 55.6 Å². The fraction of sp³-hybridized carbons (Fsp3) is 0.500. The maximum atomic E-state index is 11.5. The van der Waals surface area contributed by atoms with Crippen molar-refractivity contribution in [1.82, 2.24) is 4.90 Å². The summed E-state index contributed by atoms with van der Waals surface area (Å²) < 4.78 is 5.65. The molecule has 1 rings (SSSR count). The zero-order valence-corrected chi connectivity index (χ0v) is 12.4. The van der Waals surface area contributed by atoms with Crippen molar-refractivity contribution < 1.29 is 9.53 Å². The summed E-state index contributed by atoms with van der Waals surface area (Å²) in [5.41, 5.74) is 6.77. The summed E-state index contributed by atoms with van der Waals surface area (Å²) in [5.74, 6) is 0.661. The molecule has 0 aliphatic rings. The van der Waals surface area contributed by atoms with Crippen molar-refractivity contribution in [3.63, 3.8) is 0 Å². The molecule has 1 aromatic rings. The third-order valence-electron chi connectivity index (χ3n) is 2.65. The Bertz CT molecular complexity index is 433. The second-order valence-corrected chi connectivity index (χ2v) is 5.20. The van der Waals surface area contributed by atoms with E-state index < -0.39 is 0 Å². The molecule has 0 fully saturated rings. The van der Waals surface area contributed by atoms with Crippen molar-refractivity contribution in [2.24, 2.45) is 5.73 Å². The molecule has 1 unspecified atom stereocenters. The molecule has 1 aromatic carbocycles. The van der Waals surface area contributed by atoms with Gasteiger partial charge in [-0.2, -0.15) is 0 Å². The molecule has 0 spiro atoms. The van der Waals surface area contributed by atoms with Crippen molar-refractivity contribution in [3.8, 4) is 5.75 Å². The molecule has 0 saturated heterocycles. The largest absolute Gasteiger partial charge is 0.491 e. The number of carbonyl (C=O) groups is 1. The number of benzene rings is 1. The summed E-state index contributed by atoms with van der Waals surface area (Å²) >= 11 is 6.13. The molecule has 0 aliphatic carbocycles. The molecule has 1 atom stereocenters. The van der Waals surface area contributed by atoms with Crippen LogP contribution in [0.2, 0.25) is 5.02 Å². The molecule has 0 radical (unpaired) electrons. The lowest BCUT2D eigenvalue weighted by molar-refractivity contribution is -0.129. The Balaban J connectivity index is 2.68. The SMILES string of the molecule is CC(N)Cc1cccc(Cl)c1OCCC(=O)N(C)C. The van der Waals surface area contributed by atoms with Gasteiger partial charge in [-0.25, -0.2) is 0 Å². The van der Waals surface area contributed by atoms with E-state index in [-0.39, 0.29) is 11.9 Å². The molecule has 2 N–H and O–H groups in total. The molecule has 0 saturated carbocycles. The van der Waals surface area contributed by atoms with Crippen LogP contribution in [0.15, 0.2) is 18.2 Å². The van der Waals surface area contributed by atoms with Gasteiger partial charge in [0.15, 0.2) is 0 Å². The van der Waals surface area contributed by atoms with Crippen LogP contribution < -0.4 is 10.5 Å². The Kier molecular flexibility index (Phi) is 6.12. The highest BCUT2D eigenvalue weighted by Gasteiger charge is 2.11. The number of carbonyl (C=O) groups excluding carboxylic acids is 1. The second kappa shape index (κ2) is 7.36. The molecule has 19 heavy (non-hydrogen) atoms. The minimum absolute atomic E-state index is 0.0285. The number of amides is 1. The average molecular weight is 285 g/mol. The van der Waals surface area contributed by atoms with Gasteiger partial charge in [-0.15, -0.1) is 0 Å². The number of ether oxygens (including phenoxy) is 1. The summed E-state index contributed by atoms with van der Waals surface area (Å²) in [6.07, 6.45) is 1.02. The van der Waals surface area contributed by atoms with Crippen LogP contribution in [0.5, 0.6) is 5.75 Å². The lowest BCUT2D eigenvalue weighted by Crippen LogP contribution is -2.23. The fourth-order valence-corrected chi connectivity index (χ4v) is 1.94. The first-order valence-corrected chi connectivity index (χ1v) is 6.65. The number of hydrogen-bond donors (Lipinski definition) is 1. The monoisotopic (exact) mass is 284 g/mol. The smallest absolute Gasteiger partial charge is 0.225 e. The van der Waals surface area contributed by atoms with Crippen molar-refractivity contribution in [3.05, 3.63) is 28.8 Å². The van der Waals surface area contributed by atoms with E-state index in [4.69, 9.17) is 22.1 Å². The molecule has 106 valence electrons. The van der Waals surface area contributed by atoms with Gasteiger partial charge in [0.25, 0.3) is 0 Å². The van der Waals surface area contributed by atoms with E-state index in [0.717, 1.165) is 5.56 Å². The van der Waals surface area contributed by atoms with Crippen molar-refractivity contribution in [2.45, 2.75) is 25.8 Å². The van der Waals surface area contributed by atoms with Gasteiger partial charge >= 0.3 is 0 Å². The predicted molar refractivity (Wildman–Crippen MR) is 77.6 cm³/mol. The number of hydrogen-bond acceptors (Lipinski definition) is 3. The van der Waals surface area contributed by atoms with E-state index >= 15 is 0 Å². The standard InChI is InChI=1S/C14H21ClN2O2/c1-10(16)9-11-5-4-6-12(15)14(11)19-8-7-13(18)17(2)3/h4-6,10H,7-9,16H2,1-3H3. The van der Waals surface area contributed by atoms with E-state index in [9.17, 15) is 4.79 Å². The van der Waals surface area contributed by atoms with Crippen LogP contribution in [0.25, 0.3) is 0 Å². The summed E-state index contributed by atoms with van der Waals surface area (Å²) in [6, 6.07) is 5.62. The maximum Gasteiger partial charge on any atom is 0.225 e. The van der Waals surface area contributed by atoms with Crippen molar-refractivity contribution in [2.75, 3.05) is 20.7 Å². The van der Waals surface area contributed by atoms with E-state index in [1.54, 1.807) is 25.1 Å². The van der Waals surface area contributed by atoms with Gasteiger partial charge in [-0.3, -0.25) is 4.79 Å². The average Bonchev–Trinajstić information content (AvgIpc) is 2.31. The molecule has 0 heterocycles. The van der Waals surface area contributed by atoms with Crippen LogP contribution in [0.3, 0.4) is 0 Å². The second-order valence-electron chi connectivity index (χ2n) is 4.80. The van der Waals surface area contributed by atoms with Crippen molar-refractivity contribution >= 4 is 17.5 Å². The predicted octanol–water partition coefficient (Wildman–Crippen LogP) is 2.09. The Labute approximate surface area is 119 Å². The summed E-state index contributed by atoms with van der Waals surface area (Å²) in [5, 5.41) is 0.551. The first kappa shape index (κ1) is 15.8. The number of halogens is 1. The maximum absolute atomic E-state index is 11.5. The van der Waals surface area contributed by atoms with Crippen LogP contribution in [0.4, 0.5) is 0 Å². The molecule has 5 heteroatoms. The highest BCUT2D eigenvalue weighted by atomic mass is 35.5. The quantitative estimate of drug-likeness (QED) is 0.870. The Morgan fingerprint density at radius 3 is 2.74 bits per heavy atom. The van der Waals surface area contributed by atoms with E-state index in [1.165, 1.54) is 0 Å². The van der Waals surface area contributed by atoms with E-state index in [1.807, 2.05) is 19.1 Å². The molecule has 1 amide bonds. The van der Waals surface area contributed by atoms with Gasteiger partial charge in [0, 0.05) is 20.1 Å². The summed E-state index contributed by atoms with van der Waals surface area (Å²) in [7, 11) is 3.44. The number of rotatable bonds is 6. The number of nitrogens with zero attached hydrogens (tertiary/aromatic N) is 1. The summed E-state index contributed by atoms with van der Waals surface area (Å²) in [6.45, 7) is 2.24. The third-order valence-corrected chi connectivity index (χ3v) is 2.95. The van der Waals surface area contributed by atoms with Gasteiger partial charge in [0.1, 0.15) is 5.75 Å². The minimum Gasteiger partial charge on any atom is -0.491 e. The molecular weight excluding hydrogens is 264 g/mol. The molecule has 0 aliphatic heterocycles. The van der Waals surface area contributed by atoms with Crippen LogP contribution in [0, 0.1) is 0 Å². The first-order chi connectivity index (χ1) is 8.91. The lowest BCUT2D eigenvalue weighted by Gasteiger charge is -2.15. The van der Waals surface area contributed by atoms with E-state index in [0.29, 0.717) is 30.2 Å². The highest BCUT2D eigenvalue weighted by Crippen LogP contribution is 2.29. The van der Waals surface area contributed by atoms with Gasteiger partial charge in [0.05, 0.1) is 18.1 Å². The van der Waals surface area contributed by atoms with Crippen LogP contribution in [-0.4, -0.2) is 37.6 Å². The zero-order chi connectivity index (χ0) is 14.4. The Morgan fingerprint density at radius 2 is 2.16 bits per heavy atom. The fourth-order valence-electron chi connectivity index (χ4n) is 1.69. The summed E-state index contributed by atoms with van der Waals surface area (Å²) in [4.78, 5) is 13.0. The van der Waals surface area contributed by atoms with Crippen molar-refractivity contribution in [1.29, 1.82) is 0 Å². The minimum atomic E-state index is 0.0285. The van der Waals surface area contributed by atoms with E-state index in [2.05, 4.69) is 0 Å². The Morgan fingerprint density at radius 1 is 1.47 bits per heavy atom. The van der Waals surface area contributed by atoms with Crippen LogP contribution >= 0.6 is 11.6 Å². The normalized spacial score (nSPS) is 12.1. The first-order valence-electron chi connectivity index (χ1n) is 6.27. The number of para-hydroxylation sites is 1.